The molecule has 0 spiro atoms. The van der Waals surface area contributed by atoms with E-state index >= 15 is 0 Å². The molecular weight excluding hydrogens is 448 g/mol. The third-order valence-electron chi connectivity index (χ3n) is 5.15. The number of rotatable bonds is 6. The van der Waals surface area contributed by atoms with Gasteiger partial charge in [0.25, 0.3) is 17.5 Å². The Bertz CT molecular complexity index is 1140. The Morgan fingerprint density at radius 3 is 2.09 bits per heavy atom. The minimum absolute atomic E-state index is 0.0610. The van der Waals surface area contributed by atoms with Crippen LogP contribution in [0.3, 0.4) is 0 Å². The molecule has 1 saturated heterocycles. The number of non-ortho nitro benzene ring substituents is 1. The lowest BCUT2D eigenvalue weighted by Gasteiger charge is -2.20. The number of nitro benzene ring substituents is 1. The number of hydrazine groups is 1. The van der Waals surface area contributed by atoms with Crippen molar-refractivity contribution < 1.29 is 22.9 Å². The van der Waals surface area contributed by atoms with Crippen LogP contribution in [0.15, 0.2) is 59.5 Å². The van der Waals surface area contributed by atoms with Gasteiger partial charge in [0.05, 0.1) is 9.82 Å². The number of nitro groups is 1. The van der Waals surface area contributed by atoms with Crippen molar-refractivity contribution in [2.24, 2.45) is 0 Å². The summed E-state index contributed by atoms with van der Waals surface area (Å²) in [5, 5.41) is 10.6. The number of hydrogen-bond acceptors (Lipinski definition) is 6. The van der Waals surface area contributed by atoms with Gasteiger partial charge in [-0.05, 0) is 60.9 Å². The Balaban J connectivity index is 1.54. The van der Waals surface area contributed by atoms with Gasteiger partial charge in [-0.3, -0.25) is 30.6 Å². The Hall–Kier alpha value is -3.57. The molecule has 1 fully saturated rings. The molecule has 0 bridgehead atoms. The molecule has 1 heterocycles. The van der Waals surface area contributed by atoms with Crippen LogP contribution < -0.4 is 10.9 Å². The van der Waals surface area contributed by atoms with Gasteiger partial charge in [0.1, 0.15) is 0 Å². The monoisotopic (exact) mass is 472 g/mol. The maximum absolute atomic E-state index is 12.8. The van der Waals surface area contributed by atoms with Gasteiger partial charge in [-0.25, -0.2) is 8.42 Å². The molecule has 10 nitrogen and oxygen atoms in total. The van der Waals surface area contributed by atoms with E-state index in [9.17, 15) is 28.1 Å². The Morgan fingerprint density at radius 2 is 1.52 bits per heavy atom. The summed E-state index contributed by atoms with van der Waals surface area (Å²) in [5.74, 6) is -1.21. The van der Waals surface area contributed by atoms with Gasteiger partial charge in [0.2, 0.25) is 10.0 Å². The highest BCUT2D eigenvalue weighted by Crippen LogP contribution is 2.20. The van der Waals surface area contributed by atoms with Crippen LogP contribution in [0.1, 0.15) is 41.6 Å². The van der Waals surface area contributed by atoms with Gasteiger partial charge in [0, 0.05) is 36.9 Å². The zero-order valence-corrected chi connectivity index (χ0v) is 18.6. The largest absolute Gasteiger partial charge is 0.269 e. The number of nitrogens with one attached hydrogen (secondary N) is 2. The highest BCUT2D eigenvalue weighted by atomic mass is 32.2. The maximum atomic E-state index is 12.8. The van der Waals surface area contributed by atoms with Crippen LogP contribution in [0.5, 0.6) is 0 Å². The number of amides is 2. The summed E-state index contributed by atoms with van der Waals surface area (Å²) in [4.78, 5) is 34.4. The van der Waals surface area contributed by atoms with Gasteiger partial charge in [-0.15, -0.1) is 0 Å². The zero-order chi connectivity index (χ0) is 23.8. The second-order valence-electron chi connectivity index (χ2n) is 7.47. The van der Waals surface area contributed by atoms with E-state index in [0.717, 1.165) is 31.8 Å². The van der Waals surface area contributed by atoms with Gasteiger partial charge < -0.3 is 0 Å². The lowest BCUT2D eigenvalue weighted by molar-refractivity contribution is -0.384. The molecule has 0 saturated carbocycles. The molecule has 0 aromatic heterocycles. The first kappa shape index (κ1) is 24.1. The third-order valence-corrected chi connectivity index (χ3v) is 7.06. The van der Waals surface area contributed by atoms with Crippen molar-refractivity contribution in [3.8, 4) is 0 Å². The molecule has 174 valence electrons. The second-order valence-corrected chi connectivity index (χ2v) is 9.41. The first-order chi connectivity index (χ1) is 15.8. The molecule has 1 aliphatic heterocycles. The molecule has 33 heavy (non-hydrogen) atoms. The van der Waals surface area contributed by atoms with Gasteiger partial charge in [0.15, 0.2) is 0 Å². The molecule has 1 aliphatic rings. The lowest BCUT2D eigenvalue weighted by Crippen LogP contribution is -2.40. The van der Waals surface area contributed by atoms with Gasteiger partial charge in [-0.2, -0.15) is 4.31 Å². The van der Waals surface area contributed by atoms with Crippen LogP contribution >= 0.6 is 0 Å². The highest BCUT2D eigenvalue weighted by molar-refractivity contribution is 7.89. The molecule has 2 N–H and O–H groups in total. The minimum Gasteiger partial charge on any atom is -0.268 e. The number of nitrogens with zero attached hydrogens (tertiary/aromatic N) is 2. The smallest absolute Gasteiger partial charge is 0.268 e. The Kier molecular flexibility index (Phi) is 7.91. The van der Waals surface area contributed by atoms with Crippen molar-refractivity contribution in [3.05, 3.63) is 75.8 Å². The maximum Gasteiger partial charge on any atom is 0.269 e. The van der Waals surface area contributed by atoms with Crippen molar-refractivity contribution in [2.75, 3.05) is 13.1 Å². The number of hydrogen-bond donors (Lipinski definition) is 2. The van der Waals surface area contributed by atoms with Crippen LogP contribution in [0.4, 0.5) is 5.69 Å². The van der Waals surface area contributed by atoms with Crippen LogP contribution in [-0.2, 0) is 14.8 Å². The fourth-order valence-corrected chi connectivity index (χ4v) is 4.84. The summed E-state index contributed by atoms with van der Waals surface area (Å²) in [6, 6.07) is 11.1. The van der Waals surface area contributed by atoms with Crippen molar-refractivity contribution >= 4 is 33.6 Å². The molecule has 3 rings (SSSR count). The average Bonchev–Trinajstić information content (AvgIpc) is 3.12. The number of benzene rings is 2. The zero-order valence-electron chi connectivity index (χ0n) is 17.8. The van der Waals surface area contributed by atoms with E-state index in [1.165, 1.54) is 58.9 Å². The predicted octanol–water partition coefficient (Wildman–Crippen LogP) is 2.63. The Morgan fingerprint density at radius 1 is 0.909 bits per heavy atom. The molecular formula is C22H24N4O6S. The fourth-order valence-electron chi connectivity index (χ4n) is 3.32. The van der Waals surface area contributed by atoms with Crippen molar-refractivity contribution in [3.63, 3.8) is 0 Å². The summed E-state index contributed by atoms with van der Waals surface area (Å²) in [6.07, 6.45) is 6.29. The standard InChI is InChI=1S/C22H24N4O6S/c27-21(14-7-17-5-10-19(11-6-17)26(29)30)23-24-22(28)18-8-12-20(13-9-18)33(31,32)25-15-3-1-2-4-16-25/h5-14H,1-4,15-16H2,(H,23,27)(H,24,28). The quantitative estimate of drug-likeness (QED) is 0.376. The van der Waals surface area contributed by atoms with E-state index in [0.29, 0.717) is 18.7 Å². The lowest BCUT2D eigenvalue weighted by atomic mass is 10.2. The van der Waals surface area contributed by atoms with E-state index < -0.39 is 26.8 Å². The first-order valence-corrected chi connectivity index (χ1v) is 11.8. The van der Waals surface area contributed by atoms with Crippen molar-refractivity contribution in [1.29, 1.82) is 0 Å². The van der Waals surface area contributed by atoms with Gasteiger partial charge in [-0.1, -0.05) is 12.8 Å². The first-order valence-electron chi connectivity index (χ1n) is 10.4. The number of sulfonamides is 1. The summed E-state index contributed by atoms with van der Waals surface area (Å²) >= 11 is 0. The number of carbonyl (C=O) groups excluding carboxylic acids is 2. The molecule has 0 radical (unpaired) electrons. The molecule has 0 aliphatic carbocycles. The molecule has 0 atom stereocenters. The topological polar surface area (TPSA) is 139 Å². The summed E-state index contributed by atoms with van der Waals surface area (Å²) in [6.45, 7) is 0.980. The second kappa shape index (κ2) is 10.8. The van der Waals surface area contributed by atoms with E-state index in [-0.39, 0.29) is 16.1 Å². The minimum atomic E-state index is -3.61. The molecule has 0 unspecified atom stereocenters. The van der Waals surface area contributed by atoms with Crippen LogP contribution in [0.25, 0.3) is 6.08 Å². The van der Waals surface area contributed by atoms with Crippen molar-refractivity contribution in [2.45, 2.75) is 30.6 Å². The van der Waals surface area contributed by atoms with Crippen LogP contribution in [-0.4, -0.2) is 42.6 Å². The summed E-state index contributed by atoms with van der Waals surface area (Å²) in [5.41, 5.74) is 5.17. The predicted molar refractivity (Wildman–Crippen MR) is 121 cm³/mol. The molecule has 2 aromatic rings. The van der Waals surface area contributed by atoms with E-state index in [2.05, 4.69) is 10.9 Å². The molecule has 2 aromatic carbocycles. The Labute approximate surface area is 191 Å². The van der Waals surface area contributed by atoms with E-state index in [1.54, 1.807) is 0 Å². The van der Waals surface area contributed by atoms with E-state index in [4.69, 9.17) is 0 Å². The highest BCUT2D eigenvalue weighted by Gasteiger charge is 2.25. The molecule has 2 amide bonds. The summed E-state index contributed by atoms with van der Waals surface area (Å²) in [7, 11) is -3.61. The summed E-state index contributed by atoms with van der Waals surface area (Å²) < 4.78 is 27.1. The van der Waals surface area contributed by atoms with E-state index in [1.807, 2.05) is 0 Å². The average molecular weight is 473 g/mol. The van der Waals surface area contributed by atoms with Crippen molar-refractivity contribution in [1.82, 2.24) is 15.2 Å². The number of carbonyl (C=O) groups is 2. The van der Waals surface area contributed by atoms with Gasteiger partial charge >= 0.3 is 0 Å². The molecule has 11 heteroatoms. The third kappa shape index (κ3) is 6.46. The van der Waals surface area contributed by atoms with Crippen LogP contribution in [0, 0.1) is 10.1 Å². The fraction of sp³-hybridized carbons (Fsp3) is 0.273. The normalized spacial score (nSPS) is 15.0. The van der Waals surface area contributed by atoms with Crippen LogP contribution in [0.2, 0.25) is 0 Å². The SMILES string of the molecule is O=C(C=Cc1ccc([N+](=O)[O-])cc1)NNC(=O)c1ccc(S(=O)(=O)N2CCCCCC2)cc1.